The summed E-state index contributed by atoms with van der Waals surface area (Å²) in [4.78, 5) is 25.5. The van der Waals surface area contributed by atoms with Gasteiger partial charge in [0.25, 0.3) is 0 Å². The minimum Gasteiger partial charge on any atom is -0.368 e. The third-order valence-corrected chi connectivity index (χ3v) is 7.71. The molecule has 33 heavy (non-hydrogen) atoms. The molecule has 0 spiro atoms. The zero-order valence-corrected chi connectivity index (χ0v) is 19.8. The van der Waals surface area contributed by atoms with Gasteiger partial charge in [-0.15, -0.1) is 0 Å². The summed E-state index contributed by atoms with van der Waals surface area (Å²) in [5, 5.41) is 9.90. The number of rotatable bonds is 7. The van der Waals surface area contributed by atoms with Crippen LogP contribution in [0.2, 0.25) is 0 Å². The van der Waals surface area contributed by atoms with E-state index in [1.54, 1.807) is 0 Å². The summed E-state index contributed by atoms with van der Waals surface area (Å²) < 4.78 is 0. The predicted molar refractivity (Wildman–Crippen MR) is 130 cm³/mol. The van der Waals surface area contributed by atoms with Crippen LogP contribution in [0.15, 0.2) is 35.4 Å². The summed E-state index contributed by atoms with van der Waals surface area (Å²) in [5.41, 5.74) is 8.25. The monoisotopic (exact) mass is 460 g/mol. The van der Waals surface area contributed by atoms with Crippen molar-refractivity contribution < 1.29 is 4.79 Å². The lowest BCUT2D eigenvalue weighted by Gasteiger charge is -2.37. The zero-order chi connectivity index (χ0) is 23.5. The number of nitrogens with zero attached hydrogens (tertiary/aromatic N) is 5. The SMILES string of the molecule is [C-]#[N+]c1c(N2CCC(N(C)C)CC2)nc(SC(C(N)=O)c2ccccc2)c(C#N)c1C1CC1. The topological polar surface area (TPSA) is 90.6 Å². The number of hydrogen-bond donors (Lipinski definition) is 1. The number of carbonyl (C=O) groups is 1. The fraction of sp³-hybridized carbons (Fsp3) is 0.440. The molecule has 2 aromatic rings. The standard InChI is InChI=1S/C25H28N6OS/c1-28-21-20(16-9-10-16)19(15-26)25(33-22(23(27)32)17-7-5-4-6-8-17)29-24(21)31-13-11-18(12-14-31)30(2)3/h4-8,16,18,22H,9-14H2,2-3H3,(H2,27,32). The number of piperidine rings is 1. The molecule has 2 N–H and O–H groups in total. The number of benzene rings is 1. The Balaban J connectivity index is 1.78. The number of primary amides is 1. The first kappa shape index (κ1) is 23.1. The number of aromatic nitrogens is 1. The van der Waals surface area contributed by atoms with Crippen LogP contribution in [0.1, 0.15) is 53.5 Å². The lowest BCUT2D eigenvalue weighted by molar-refractivity contribution is -0.117. The third kappa shape index (κ3) is 4.83. The first-order valence-corrected chi connectivity index (χ1v) is 12.1. The Morgan fingerprint density at radius 1 is 1.27 bits per heavy atom. The van der Waals surface area contributed by atoms with Gasteiger partial charge in [0.15, 0.2) is 0 Å². The van der Waals surface area contributed by atoms with Gasteiger partial charge in [0.1, 0.15) is 22.2 Å². The number of nitrogens with two attached hydrogens (primary N) is 1. The summed E-state index contributed by atoms with van der Waals surface area (Å²) in [7, 11) is 4.19. The van der Waals surface area contributed by atoms with Gasteiger partial charge in [-0.05, 0) is 56.8 Å². The largest absolute Gasteiger partial charge is 0.368 e. The van der Waals surface area contributed by atoms with E-state index < -0.39 is 11.2 Å². The van der Waals surface area contributed by atoms with Gasteiger partial charge in [-0.25, -0.2) is 9.83 Å². The Morgan fingerprint density at radius 3 is 2.45 bits per heavy atom. The van der Waals surface area contributed by atoms with Crippen LogP contribution in [0.5, 0.6) is 0 Å². The fourth-order valence-corrected chi connectivity index (χ4v) is 5.52. The van der Waals surface area contributed by atoms with Crippen LogP contribution in [0, 0.1) is 17.9 Å². The maximum absolute atomic E-state index is 12.4. The van der Waals surface area contributed by atoms with E-state index in [1.165, 1.54) is 11.8 Å². The minimum absolute atomic E-state index is 0.202. The average molecular weight is 461 g/mol. The number of nitriles is 1. The number of hydrogen-bond acceptors (Lipinski definition) is 6. The quantitative estimate of drug-likeness (QED) is 0.491. The summed E-state index contributed by atoms with van der Waals surface area (Å²) in [6.45, 7) is 9.52. The van der Waals surface area contributed by atoms with Crippen molar-refractivity contribution in [3.63, 3.8) is 0 Å². The van der Waals surface area contributed by atoms with E-state index in [9.17, 15) is 10.1 Å². The average Bonchev–Trinajstić information content (AvgIpc) is 3.67. The van der Waals surface area contributed by atoms with Crippen molar-refractivity contribution in [3.05, 3.63) is 58.4 Å². The minimum atomic E-state index is -0.663. The first-order chi connectivity index (χ1) is 15.9. The predicted octanol–water partition coefficient (Wildman–Crippen LogP) is 4.23. The lowest BCUT2D eigenvalue weighted by Crippen LogP contribution is -2.42. The molecule has 0 bridgehead atoms. The van der Waals surface area contributed by atoms with Crippen molar-refractivity contribution in [2.75, 3.05) is 32.1 Å². The lowest BCUT2D eigenvalue weighted by atomic mass is 10.0. The maximum atomic E-state index is 12.4. The molecule has 8 heteroatoms. The Morgan fingerprint density at radius 2 is 1.94 bits per heavy atom. The highest BCUT2D eigenvalue weighted by Crippen LogP contribution is 2.51. The van der Waals surface area contributed by atoms with E-state index in [1.807, 2.05) is 30.3 Å². The molecule has 1 aromatic carbocycles. The van der Waals surface area contributed by atoms with Crippen LogP contribution >= 0.6 is 11.8 Å². The molecular weight excluding hydrogens is 432 g/mol. The molecule has 2 heterocycles. The van der Waals surface area contributed by atoms with E-state index in [4.69, 9.17) is 17.3 Å². The van der Waals surface area contributed by atoms with Crippen LogP contribution in [-0.4, -0.2) is 49.0 Å². The summed E-state index contributed by atoms with van der Waals surface area (Å²) in [6, 6.07) is 12.1. The van der Waals surface area contributed by atoms with Gasteiger partial charge in [-0.2, -0.15) is 5.26 Å². The second-order valence-corrected chi connectivity index (χ2v) is 9.96. The summed E-state index contributed by atoms with van der Waals surface area (Å²) >= 11 is 1.22. The van der Waals surface area contributed by atoms with Gasteiger partial charge < -0.3 is 15.5 Å². The van der Waals surface area contributed by atoms with Crippen LogP contribution in [0.4, 0.5) is 11.5 Å². The van der Waals surface area contributed by atoms with Crippen molar-refractivity contribution in [2.24, 2.45) is 5.73 Å². The number of thioether (sulfide) groups is 1. The molecule has 1 saturated heterocycles. The van der Waals surface area contributed by atoms with Crippen LogP contribution in [0.25, 0.3) is 4.85 Å². The normalized spacial score (nSPS) is 17.4. The Kier molecular flexibility index (Phi) is 6.88. The third-order valence-electron chi connectivity index (χ3n) is 6.45. The second-order valence-electron chi connectivity index (χ2n) is 8.87. The first-order valence-electron chi connectivity index (χ1n) is 11.2. The molecular formula is C25H28N6OS. The van der Waals surface area contributed by atoms with Crippen molar-refractivity contribution in [1.29, 1.82) is 5.26 Å². The Hall–Kier alpha value is -3.07. The Labute approximate surface area is 199 Å². The van der Waals surface area contributed by atoms with E-state index in [2.05, 4.69) is 34.8 Å². The van der Waals surface area contributed by atoms with Crippen LogP contribution in [0.3, 0.4) is 0 Å². The van der Waals surface area contributed by atoms with Crippen molar-refractivity contribution in [2.45, 2.75) is 47.9 Å². The van der Waals surface area contributed by atoms with Crippen molar-refractivity contribution in [1.82, 2.24) is 9.88 Å². The highest BCUT2D eigenvalue weighted by Gasteiger charge is 2.36. The molecule has 1 aliphatic heterocycles. The highest BCUT2D eigenvalue weighted by molar-refractivity contribution is 8.00. The number of anilines is 1. The van der Waals surface area contributed by atoms with E-state index >= 15 is 0 Å². The maximum Gasteiger partial charge on any atom is 0.235 e. The van der Waals surface area contributed by atoms with E-state index in [0.29, 0.717) is 28.1 Å². The number of pyridine rings is 1. The molecule has 4 rings (SSSR count). The van der Waals surface area contributed by atoms with E-state index in [-0.39, 0.29) is 5.92 Å². The molecule has 1 aromatic heterocycles. The fourth-order valence-electron chi connectivity index (χ4n) is 4.48. The molecule has 7 nitrogen and oxygen atoms in total. The Bertz CT molecular complexity index is 1110. The molecule has 2 aliphatic rings. The van der Waals surface area contributed by atoms with Gasteiger partial charge in [0.2, 0.25) is 11.6 Å². The van der Waals surface area contributed by atoms with Gasteiger partial charge >= 0.3 is 0 Å². The van der Waals surface area contributed by atoms with Gasteiger partial charge in [0, 0.05) is 19.1 Å². The highest BCUT2D eigenvalue weighted by atomic mass is 32.2. The van der Waals surface area contributed by atoms with Crippen LogP contribution < -0.4 is 10.6 Å². The second kappa shape index (κ2) is 9.82. The van der Waals surface area contributed by atoms with Gasteiger partial charge in [-0.1, -0.05) is 42.1 Å². The number of amides is 1. The summed E-state index contributed by atoms with van der Waals surface area (Å²) in [6.07, 6.45) is 3.90. The molecule has 170 valence electrons. The molecule has 0 radical (unpaired) electrons. The molecule has 1 saturated carbocycles. The van der Waals surface area contributed by atoms with Crippen molar-refractivity contribution >= 4 is 29.2 Å². The molecule has 2 fully saturated rings. The van der Waals surface area contributed by atoms with E-state index in [0.717, 1.165) is 49.9 Å². The van der Waals surface area contributed by atoms with Gasteiger partial charge in [-0.3, -0.25) is 4.79 Å². The smallest absolute Gasteiger partial charge is 0.235 e. The number of carbonyl (C=O) groups excluding carboxylic acids is 1. The molecule has 1 aliphatic carbocycles. The van der Waals surface area contributed by atoms with Crippen LogP contribution in [-0.2, 0) is 4.79 Å². The summed E-state index contributed by atoms with van der Waals surface area (Å²) in [5.74, 6) is 0.363. The van der Waals surface area contributed by atoms with Crippen molar-refractivity contribution in [3.8, 4) is 6.07 Å². The molecule has 1 atom stereocenters. The molecule has 1 amide bonds. The molecule has 1 unspecified atom stereocenters. The zero-order valence-electron chi connectivity index (χ0n) is 19.0. The van der Waals surface area contributed by atoms with Gasteiger partial charge in [0.05, 0.1) is 12.1 Å².